The maximum atomic E-state index is 13.4. The molecule has 0 bridgehead atoms. The monoisotopic (exact) mass is 364 g/mol. The Hall–Kier alpha value is -2.47. The smallest absolute Gasteiger partial charge is 0.378 e. The molecule has 2 N–H and O–H groups in total. The van der Waals surface area contributed by atoms with Crippen LogP contribution in [0.15, 0.2) is 60.7 Å². The first kappa shape index (κ1) is 17.0. The highest BCUT2D eigenvalue weighted by atomic mass is 32.2. The lowest BCUT2D eigenvalue weighted by atomic mass is 9.57. The highest BCUT2D eigenvalue weighted by Crippen LogP contribution is 2.37. The number of rotatable bonds is 4. The Bertz CT molecular complexity index is 923. The van der Waals surface area contributed by atoms with Crippen LogP contribution in [0.4, 0.5) is 15.8 Å². The number of carbonyl (C=O) groups excluding carboxylic acids is 1. The molecular formula is C20H18BFN2OS. The molecule has 6 heteroatoms. The van der Waals surface area contributed by atoms with Gasteiger partial charge in [0.2, 0.25) is 0 Å². The highest BCUT2D eigenvalue weighted by molar-refractivity contribution is 8.13. The number of carbonyl (C=O) groups is 1. The molecule has 1 heterocycles. The number of benzene rings is 3. The minimum absolute atomic E-state index is 0.111. The van der Waals surface area contributed by atoms with Gasteiger partial charge in [-0.25, -0.2) is 4.39 Å². The number of thioether (sulfide) groups is 1. The van der Waals surface area contributed by atoms with Gasteiger partial charge in [0.15, 0.2) is 5.12 Å². The summed E-state index contributed by atoms with van der Waals surface area (Å²) in [6, 6.07) is 18.7. The van der Waals surface area contributed by atoms with Crippen LogP contribution < -0.4 is 10.5 Å². The molecule has 130 valence electrons. The third kappa shape index (κ3) is 3.17. The van der Waals surface area contributed by atoms with Gasteiger partial charge in [-0.3, -0.25) is 4.79 Å². The van der Waals surface area contributed by atoms with Gasteiger partial charge in [-0.05, 0) is 41.5 Å². The molecule has 0 fully saturated rings. The van der Waals surface area contributed by atoms with Gasteiger partial charge in [-0.1, -0.05) is 48.2 Å². The molecule has 1 aliphatic heterocycles. The van der Waals surface area contributed by atoms with Crippen LogP contribution in [-0.2, 0) is 4.79 Å². The van der Waals surface area contributed by atoms with Crippen LogP contribution >= 0.6 is 11.8 Å². The second kappa shape index (κ2) is 7.04. The van der Waals surface area contributed by atoms with Crippen molar-refractivity contribution in [3.63, 3.8) is 0 Å². The largest absolute Gasteiger partial charge is 0.408 e. The van der Waals surface area contributed by atoms with Crippen LogP contribution in [0, 0.1) is 5.82 Å². The predicted octanol–water partition coefficient (Wildman–Crippen LogP) is 4.91. The summed E-state index contributed by atoms with van der Waals surface area (Å²) in [4.78, 5) is 12.2. The van der Waals surface area contributed by atoms with Crippen LogP contribution in [0.25, 0.3) is 10.8 Å². The standard InChI is InChI=1S/C20H18BFN2OS/c1-26-19(25)12-16(13-8-10-15(22)11-9-13)21-23-17-6-2-4-14-5-3-7-18(24-21)20(14)17/h2-11,16,23-24H,12H2,1H3/t16-/m0/s1. The summed E-state index contributed by atoms with van der Waals surface area (Å²) >= 11 is 1.23. The van der Waals surface area contributed by atoms with E-state index in [4.69, 9.17) is 0 Å². The molecule has 1 atom stereocenters. The summed E-state index contributed by atoms with van der Waals surface area (Å²) in [7, 11) is 0. The van der Waals surface area contributed by atoms with E-state index in [9.17, 15) is 9.18 Å². The Morgan fingerprint density at radius 3 is 2.23 bits per heavy atom. The lowest BCUT2D eigenvalue weighted by molar-refractivity contribution is -0.111. The molecule has 26 heavy (non-hydrogen) atoms. The Morgan fingerprint density at radius 2 is 1.65 bits per heavy atom. The fourth-order valence-corrected chi connectivity index (χ4v) is 3.90. The molecular weight excluding hydrogens is 346 g/mol. The molecule has 0 saturated heterocycles. The van der Waals surface area contributed by atoms with E-state index in [-0.39, 0.29) is 23.7 Å². The topological polar surface area (TPSA) is 41.1 Å². The third-order valence-electron chi connectivity index (χ3n) is 4.84. The average Bonchev–Trinajstić information content (AvgIpc) is 2.67. The third-order valence-corrected chi connectivity index (χ3v) is 5.46. The van der Waals surface area contributed by atoms with Crippen molar-refractivity contribution in [1.29, 1.82) is 0 Å². The fourth-order valence-electron chi connectivity index (χ4n) is 3.55. The van der Waals surface area contributed by atoms with Crippen molar-refractivity contribution in [2.75, 3.05) is 16.7 Å². The lowest BCUT2D eigenvalue weighted by Crippen LogP contribution is -2.43. The number of halogens is 1. The van der Waals surface area contributed by atoms with Gasteiger partial charge in [0.05, 0.1) is 0 Å². The Balaban J connectivity index is 1.72. The quantitative estimate of drug-likeness (QED) is 0.646. The van der Waals surface area contributed by atoms with Crippen LogP contribution in [0.5, 0.6) is 0 Å². The van der Waals surface area contributed by atoms with E-state index >= 15 is 0 Å². The number of nitrogens with one attached hydrogen (secondary N) is 2. The maximum absolute atomic E-state index is 13.4. The maximum Gasteiger partial charge on any atom is 0.378 e. The van der Waals surface area contributed by atoms with Crippen molar-refractivity contribution in [3.8, 4) is 0 Å². The lowest BCUT2D eigenvalue weighted by Gasteiger charge is -2.31. The van der Waals surface area contributed by atoms with E-state index in [2.05, 4.69) is 34.7 Å². The van der Waals surface area contributed by atoms with E-state index in [1.807, 2.05) is 12.1 Å². The van der Waals surface area contributed by atoms with E-state index in [0.717, 1.165) is 27.7 Å². The number of hydrogen-bond donors (Lipinski definition) is 2. The number of hydrogen-bond acceptors (Lipinski definition) is 4. The van der Waals surface area contributed by atoms with Crippen molar-refractivity contribution in [2.45, 2.75) is 12.2 Å². The Kier molecular flexibility index (Phi) is 4.59. The molecule has 4 rings (SSSR count). The minimum Gasteiger partial charge on any atom is -0.408 e. The molecule has 3 aromatic carbocycles. The van der Waals surface area contributed by atoms with Gasteiger partial charge >= 0.3 is 6.98 Å². The zero-order valence-corrected chi connectivity index (χ0v) is 15.1. The van der Waals surface area contributed by atoms with Gasteiger partial charge in [0, 0.05) is 29.0 Å². The molecule has 3 aromatic rings. The van der Waals surface area contributed by atoms with Crippen LogP contribution in [0.1, 0.15) is 17.8 Å². The van der Waals surface area contributed by atoms with E-state index in [1.54, 1.807) is 18.4 Å². The first-order valence-electron chi connectivity index (χ1n) is 8.53. The molecule has 0 saturated carbocycles. The first-order chi connectivity index (χ1) is 12.7. The van der Waals surface area contributed by atoms with Crippen LogP contribution in [0.2, 0.25) is 0 Å². The normalized spacial score (nSPS) is 13.8. The summed E-state index contributed by atoms with van der Waals surface area (Å²) in [5.74, 6) is -0.387. The van der Waals surface area contributed by atoms with E-state index in [1.165, 1.54) is 23.9 Å². The molecule has 0 radical (unpaired) electrons. The summed E-state index contributed by atoms with van der Waals surface area (Å²) < 4.78 is 13.4. The Labute approximate surface area is 156 Å². The fraction of sp³-hybridized carbons (Fsp3) is 0.150. The predicted molar refractivity (Wildman–Crippen MR) is 109 cm³/mol. The number of anilines is 2. The van der Waals surface area contributed by atoms with Crippen LogP contribution in [-0.4, -0.2) is 18.4 Å². The molecule has 0 spiro atoms. The Morgan fingerprint density at radius 1 is 1.04 bits per heavy atom. The summed E-state index contributed by atoms with van der Waals surface area (Å²) in [5.41, 5.74) is 3.03. The molecule has 0 aromatic heterocycles. The molecule has 1 aliphatic rings. The van der Waals surface area contributed by atoms with Crippen molar-refractivity contribution >= 4 is 46.0 Å². The van der Waals surface area contributed by atoms with E-state index < -0.39 is 0 Å². The first-order valence-corrected chi connectivity index (χ1v) is 9.75. The van der Waals surface area contributed by atoms with Crippen molar-refractivity contribution < 1.29 is 9.18 Å². The summed E-state index contributed by atoms with van der Waals surface area (Å²) in [6.07, 6.45) is 2.16. The highest BCUT2D eigenvalue weighted by Gasteiger charge is 2.34. The zero-order chi connectivity index (χ0) is 18.1. The summed E-state index contributed by atoms with van der Waals surface area (Å²) in [5, 5.41) is 9.50. The molecule has 0 unspecified atom stereocenters. The average molecular weight is 364 g/mol. The van der Waals surface area contributed by atoms with Crippen LogP contribution in [0.3, 0.4) is 0 Å². The van der Waals surface area contributed by atoms with Crippen molar-refractivity contribution in [3.05, 3.63) is 72.0 Å². The molecule has 0 aliphatic carbocycles. The van der Waals surface area contributed by atoms with Gasteiger partial charge in [0.1, 0.15) is 5.82 Å². The molecule has 3 nitrogen and oxygen atoms in total. The molecule has 0 amide bonds. The van der Waals surface area contributed by atoms with Gasteiger partial charge in [-0.2, -0.15) is 0 Å². The second-order valence-corrected chi connectivity index (χ2v) is 7.28. The van der Waals surface area contributed by atoms with Gasteiger partial charge in [-0.15, -0.1) is 0 Å². The van der Waals surface area contributed by atoms with E-state index in [0.29, 0.717) is 6.42 Å². The van der Waals surface area contributed by atoms with Gasteiger partial charge < -0.3 is 10.5 Å². The summed E-state index contributed by atoms with van der Waals surface area (Å²) in [6.45, 7) is -0.155. The van der Waals surface area contributed by atoms with Crippen molar-refractivity contribution in [2.24, 2.45) is 0 Å². The van der Waals surface area contributed by atoms with Gasteiger partial charge in [0.25, 0.3) is 0 Å². The SMILES string of the molecule is CSC(=O)C[C@H](B1Nc2cccc3cccc(c23)N1)c1ccc(F)cc1. The minimum atomic E-state index is -0.275. The van der Waals surface area contributed by atoms with Crippen molar-refractivity contribution in [1.82, 2.24) is 0 Å². The zero-order valence-electron chi connectivity index (χ0n) is 14.3. The second-order valence-electron chi connectivity index (χ2n) is 6.41.